The first kappa shape index (κ1) is 33.1. The third-order valence-corrected chi connectivity index (χ3v) is 6.32. The molecule has 3 heterocycles. The number of nitrogens with one attached hydrogen (secondary N) is 2. The van der Waals surface area contributed by atoms with E-state index < -0.39 is 80.2 Å². The Morgan fingerprint density at radius 3 is 2.35 bits per heavy atom. The van der Waals surface area contributed by atoms with Crippen LogP contribution in [0.3, 0.4) is 0 Å². The first-order chi connectivity index (χ1) is 18.9. The standard InChI is InChI=1S/C26H43N2O12/c1-14-8-15(10-27-9-14)13-36-28-6-5-7-35-24-20(33)18(31)22(16(11-29)37-24)39-25-21(34)19(32)23(17(12-30)38-25)40-26(2,3)4/h8-10,16-24,28-34H,5-7,11-13H2,1-4H3/p+1/t16?,17?,18-,19-,20?,21?,22+,23+,24-/m0/s1. The average Bonchev–Trinajstić information content (AvgIpc) is 2.90. The third-order valence-electron chi connectivity index (χ3n) is 6.32. The molecule has 40 heavy (non-hydrogen) atoms. The summed E-state index contributed by atoms with van der Waals surface area (Å²) in [6.07, 6.45) is -8.69. The minimum absolute atomic E-state index is 0.144. The summed E-state index contributed by atoms with van der Waals surface area (Å²) in [6, 6.07) is 1.99. The highest BCUT2D eigenvalue weighted by Gasteiger charge is 2.52. The molecule has 0 spiro atoms. The van der Waals surface area contributed by atoms with Crippen molar-refractivity contribution in [1.29, 1.82) is 0 Å². The van der Waals surface area contributed by atoms with E-state index in [1.54, 1.807) is 20.8 Å². The molecule has 8 N–H and O–H groups in total. The lowest BCUT2D eigenvalue weighted by atomic mass is 9.96. The van der Waals surface area contributed by atoms with Gasteiger partial charge in [-0.1, -0.05) is 0 Å². The molecule has 0 saturated carbocycles. The van der Waals surface area contributed by atoms with Gasteiger partial charge in [0, 0.05) is 17.7 Å². The summed E-state index contributed by atoms with van der Waals surface area (Å²) in [7, 11) is 0. The highest BCUT2D eigenvalue weighted by molar-refractivity contribution is 5.12. The molecule has 14 nitrogen and oxygen atoms in total. The zero-order chi connectivity index (χ0) is 29.4. The van der Waals surface area contributed by atoms with Crippen molar-refractivity contribution < 1.29 is 64.1 Å². The number of rotatable bonds is 13. The van der Waals surface area contributed by atoms with Crippen molar-refractivity contribution in [3.8, 4) is 0 Å². The van der Waals surface area contributed by atoms with E-state index in [0.29, 0.717) is 19.6 Å². The summed E-state index contributed by atoms with van der Waals surface area (Å²) in [5.41, 5.74) is 4.18. The number of hydroxylamine groups is 1. The van der Waals surface area contributed by atoms with Gasteiger partial charge in [0.05, 0.1) is 32.0 Å². The Bertz CT molecular complexity index is 885. The van der Waals surface area contributed by atoms with Crippen LogP contribution < -0.4 is 10.5 Å². The molecule has 2 aliphatic rings. The van der Waals surface area contributed by atoms with Crippen LogP contribution >= 0.6 is 0 Å². The second-order valence-corrected chi connectivity index (χ2v) is 10.9. The van der Waals surface area contributed by atoms with Gasteiger partial charge >= 0.3 is 0 Å². The molecular formula is C26H44N2O12+. The van der Waals surface area contributed by atoms with E-state index in [-0.39, 0.29) is 6.61 Å². The summed E-state index contributed by atoms with van der Waals surface area (Å²) in [4.78, 5) is 8.44. The van der Waals surface area contributed by atoms with E-state index >= 15 is 0 Å². The molecule has 2 aliphatic heterocycles. The molecule has 9 atom stereocenters. The van der Waals surface area contributed by atoms with Crippen LogP contribution in [0.25, 0.3) is 0 Å². The zero-order valence-electron chi connectivity index (χ0n) is 23.3. The molecule has 2 saturated heterocycles. The monoisotopic (exact) mass is 576 g/mol. The molecule has 1 aromatic heterocycles. The second-order valence-electron chi connectivity index (χ2n) is 10.9. The number of aryl methyl sites for hydroxylation is 1. The van der Waals surface area contributed by atoms with Gasteiger partial charge in [0.2, 0.25) is 0 Å². The second kappa shape index (κ2) is 15.2. The fourth-order valence-corrected chi connectivity index (χ4v) is 4.38. The van der Waals surface area contributed by atoms with E-state index in [1.807, 2.05) is 25.4 Å². The SMILES string of the molecule is Cc1c[nH+]cc(CONCCCO[C@H]2OC(CO)[C@@H](O[C]3OC(CO)[C@@H](OC(C)(C)C)[C@@H](O)C3O)[C@@H](O)C2O)c1. The Balaban J connectivity index is 1.47. The van der Waals surface area contributed by atoms with E-state index in [2.05, 4.69) is 10.5 Å². The molecule has 3 rings (SSSR count). The van der Waals surface area contributed by atoms with Gasteiger partial charge in [0.15, 0.2) is 18.7 Å². The van der Waals surface area contributed by atoms with Crippen molar-refractivity contribution in [3.05, 3.63) is 35.9 Å². The lowest BCUT2D eigenvalue weighted by Crippen LogP contribution is -2.63. The number of aromatic nitrogens is 1. The van der Waals surface area contributed by atoms with Crippen LogP contribution in [0.4, 0.5) is 0 Å². The number of H-pyrrole nitrogens is 1. The number of hydrogen-bond donors (Lipinski definition) is 7. The molecule has 1 aromatic rings. The van der Waals surface area contributed by atoms with Crippen molar-refractivity contribution in [2.45, 2.75) is 101 Å². The zero-order valence-corrected chi connectivity index (χ0v) is 23.3. The van der Waals surface area contributed by atoms with Gasteiger partial charge in [0.25, 0.3) is 6.29 Å². The molecule has 0 aliphatic carbocycles. The molecule has 2 fully saturated rings. The van der Waals surface area contributed by atoms with Gasteiger partial charge in [-0.25, -0.2) is 10.5 Å². The van der Waals surface area contributed by atoms with E-state index in [1.165, 1.54) is 0 Å². The maximum absolute atomic E-state index is 10.8. The van der Waals surface area contributed by atoms with Crippen LogP contribution in [0.2, 0.25) is 0 Å². The van der Waals surface area contributed by atoms with Gasteiger partial charge in [0.1, 0.15) is 48.8 Å². The van der Waals surface area contributed by atoms with Crippen LogP contribution in [-0.4, -0.2) is 118 Å². The maximum atomic E-state index is 10.8. The number of hydrogen-bond acceptors (Lipinski definition) is 13. The summed E-state index contributed by atoms with van der Waals surface area (Å²) in [5.74, 6) is 0. The normalized spacial score (nSPS) is 33.8. The van der Waals surface area contributed by atoms with Crippen LogP contribution in [0, 0.1) is 13.2 Å². The van der Waals surface area contributed by atoms with Crippen molar-refractivity contribution in [3.63, 3.8) is 0 Å². The first-order valence-corrected chi connectivity index (χ1v) is 13.4. The Kier molecular flexibility index (Phi) is 12.6. The van der Waals surface area contributed by atoms with Crippen LogP contribution in [0.15, 0.2) is 18.5 Å². The third kappa shape index (κ3) is 9.06. The smallest absolute Gasteiger partial charge is 0.257 e. The van der Waals surface area contributed by atoms with Crippen LogP contribution in [0.1, 0.15) is 38.3 Å². The summed E-state index contributed by atoms with van der Waals surface area (Å²) in [5, 5.41) is 62.2. The van der Waals surface area contributed by atoms with Gasteiger partial charge in [-0.2, -0.15) is 0 Å². The highest BCUT2D eigenvalue weighted by Crippen LogP contribution is 2.34. The predicted molar refractivity (Wildman–Crippen MR) is 136 cm³/mol. The Morgan fingerprint density at radius 2 is 1.70 bits per heavy atom. The molecule has 229 valence electrons. The Hall–Kier alpha value is -1.37. The summed E-state index contributed by atoms with van der Waals surface area (Å²) < 4.78 is 28.1. The van der Waals surface area contributed by atoms with Crippen LogP contribution in [-0.2, 0) is 35.1 Å². The molecule has 0 amide bonds. The molecule has 0 aromatic carbocycles. The fourth-order valence-electron chi connectivity index (χ4n) is 4.38. The fraction of sp³-hybridized carbons (Fsp3) is 0.769. The number of pyridine rings is 1. The van der Waals surface area contributed by atoms with E-state index in [9.17, 15) is 30.6 Å². The van der Waals surface area contributed by atoms with Crippen molar-refractivity contribution in [2.24, 2.45) is 0 Å². The van der Waals surface area contributed by atoms with Gasteiger partial charge in [-0.3, -0.25) is 4.84 Å². The topological polar surface area (TPSA) is 203 Å². The number of ether oxygens (including phenoxy) is 5. The first-order valence-electron chi connectivity index (χ1n) is 13.4. The quantitative estimate of drug-likeness (QED) is 0.0990. The minimum Gasteiger partial charge on any atom is -0.394 e. The Labute approximate surface area is 233 Å². The van der Waals surface area contributed by atoms with Gasteiger partial charge in [-0.05, 0) is 40.2 Å². The van der Waals surface area contributed by atoms with E-state index in [0.717, 1.165) is 11.1 Å². The molecule has 4 unspecified atom stereocenters. The maximum Gasteiger partial charge on any atom is 0.257 e. The van der Waals surface area contributed by atoms with Gasteiger partial charge in [-0.15, -0.1) is 0 Å². The lowest BCUT2D eigenvalue weighted by molar-refractivity contribution is -0.379. The highest BCUT2D eigenvalue weighted by atomic mass is 16.7. The number of aliphatic hydroxyl groups is 6. The Morgan fingerprint density at radius 1 is 0.975 bits per heavy atom. The molecule has 1 radical (unpaired) electrons. The number of aliphatic hydroxyl groups excluding tert-OH is 6. The van der Waals surface area contributed by atoms with Gasteiger partial charge < -0.3 is 54.3 Å². The van der Waals surface area contributed by atoms with Crippen molar-refractivity contribution >= 4 is 0 Å². The largest absolute Gasteiger partial charge is 0.394 e. The number of aromatic amines is 1. The minimum atomic E-state index is -1.70. The lowest BCUT2D eigenvalue weighted by Gasteiger charge is -2.46. The van der Waals surface area contributed by atoms with E-state index in [4.69, 9.17) is 28.5 Å². The predicted octanol–water partition coefficient (Wildman–Crippen LogP) is -2.15. The molecular weight excluding hydrogens is 532 g/mol. The van der Waals surface area contributed by atoms with Crippen molar-refractivity contribution in [2.75, 3.05) is 26.4 Å². The summed E-state index contributed by atoms with van der Waals surface area (Å²) in [6.45, 7) is 6.98. The van der Waals surface area contributed by atoms with Crippen LogP contribution in [0.5, 0.6) is 0 Å². The van der Waals surface area contributed by atoms with Crippen molar-refractivity contribution in [1.82, 2.24) is 5.48 Å². The molecule has 14 heteroatoms. The average molecular weight is 577 g/mol. The summed E-state index contributed by atoms with van der Waals surface area (Å²) >= 11 is 0. The molecule has 0 bridgehead atoms.